The zero-order valence-corrected chi connectivity index (χ0v) is 13.9. The van der Waals surface area contributed by atoms with Gasteiger partial charge in [-0.1, -0.05) is 6.07 Å². The Balaban J connectivity index is 1.62. The summed E-state index contributed by atoms with van der Waals surface area (Å²) < 4.78 is 9.83. The minimum Gasteiger partial charge on any atom is -0.467 e. The Labute approximate surface area is 149 Å². The van der Waals surface area contributed by atoms with Crippen LogP contribution in [0.1, 0.15) is 26.6 Å². The van der Waals surface area contributed by atoms with Crippen molar-refractivity contribution in [1.82, 2.24) is 15.5 Å². The zero-order chi connectivity index (χ0) is 18.4. The zero-order valence-electron chi connectivity index (χ0n) is 13.9. The van der Waals surface area contributed by atoms with Gasteiger partial charge in [0.25, 0.3) is 5.91 Å². The number of furan rings is 1. The first-order valence-electron chi connectivity index (χ1n) is 7.75. The number of amides is 1. The fraction of sp³-hybridized carbons (Fsp3) is 0.111. The van der Waals surface area contributed by atoms with E-state index in [0.29, 0.717) is 22.8 Å². The van der Waals surface area contributed by atoms with Crippen molar-refractivity contribution < 1.29 is 18.7 Å². The number of esters is 1. The monoisotopic (exact) mass is 352 g/mol. The molecule has 0 radical (unpaired) electrons. The van der Waals surface area contributed by atoms with Crippen LogP contribution in [0.3, 0.4) is 0 Å². The van der Waals surface area contributed by atoms with Crippen molar-refractivity contribution in [3.8, 4) is 0 Å². The maximum absolute atomic E-state index is 12.0. The van der Waals surface area contributed by atoms with Crippen molar-refractivity contribution in [2.45, 2.75) is 6.54 Å². The predicted molar refractivity (Wildman–Crippen MR) is 93.0 cm³/mol. The van der Waals surface area contributed by atoms with Crippen LogP contribution >= 0.6 is 0 Å². The molecule has 1 aromatic carbocycles. The van der Waals surface area contributed by atoms with Crippen LogP contribution in [-0.2, 0) is 11.3 Å². The van der Waals surface area contributed by atoms with E-state index in [9.17, 15) is 9.59 Å². The summed E-state index contributed by atoms with van der Waals surface area (Å²) in [6, 6.07) is 13.5. The van der Waals surface area contributed by atoms with Gasteiger partial charge in [-0.25, -0.2) is 4.79 Å². The molecular weight excluding hydrogens is 336 g/mol. The lowest BCUT2D eigenvalue weighted by atomic mass is 10.2. The molecule has 2 heterocycles. The third-order valence-electron chi connectivity index (χ3n) is 3.46. The Kier molecular flexibility index (Phi) is 5.23. The van der Waals surface area contributed by atoms with Gasteiger partial charge in [-0.15, -0.1) is 10.2 Å². The number of carbonyl (C=O) groups is 2. The number of nitrogens with one attached hydrogen (secondary N) is 2. The molecule has 0 unspecified atom stereocenters. The second kappa shape index (κ2) is 7.93. The van der Waals surface area contributed by atoms with E-state index in [-0.39, 0.29) is 18.1 Å². The highest BCUT2D eigenvalue weighted by Gasteiger charge is 2.10. The van der Waals surface area contributed by atoms with Crippen LogP contribution in [0.4, 0.5) is 11.5 Å². The highest BCUT2D eigenvalue weighted by atomic mass is 16.5. The van der Waals surface area contributed by atoms with Crippen molar-refractivity contribution in [1.29, 1.82) is 0 Å². The quantitative estimate of drug-likeness (QED) is 0.657. The van der Waals surface area contributed by atoms with E-state index in [1.165, 1.54) is 13.4 Å². The van der Waals surface area contributed by atoms with Crippen molar-refractivity contribution in [3.63, 3.8) is 0 Å². The smallest absolute Gasteiger partial charge is 0.337 e. The number of benzene rings is 1. The molecule has 8 nitrogen and oxygen atoms in total. The van der Waals surface area contributed by atoms with Crippen molar-refractivity contribution in [3.05, 3.63) is 71.8 Å². The number of aromatic nitrogens is 2. The maximum Gasteiger partial charge on any atom is 0.337 e. The lowest BCUT2D eigenvalue weighted by molar-refractivity contribution is 0.0600. The molecule has 3 rings (SSSR count). The molecule has 8 heteroatoms. The van der Waals surface area contributed by atoms with Gasteiger partial charge in [-0.3, -0.25) is 4.79 Å². The van der Waals surface area contributed by atoms with Crippen molar-refractivity contribution in [2.24, 2.45) is 0 Å². The molecule has 1 amide bonds. The van der Waals surface area contributed by atoms with Gasteiger partial charge >= 0.3 is 5.97 Å². The van der Waals surface area contributed by atoms with Crippen LogP contribution in [-0.4, -0.2) is 29.2 Å². The molecule has 0 bridgehead atoms. The Morgan fingerprint density at radius 1 is 1.12 bits per heavy atom. The predicted octanol–water partition coefficient (Wildman–Crippen LogP) is 2.53. The Morgan fingerprint density at radius 3 is 2.69 bits per heavy atom. The number of hydrogen-bond donors (Lipinski definition) is 2. The normalized spacial score (nSPS) is 10.2. The summed E-state index contributed by atoms with van der Waals surface area (Å²) in [5.41, 5.74) is 1.25. The third-order valence-corrected chi connectivity index (χ3v) is 3.46. The van der Waals surface area contributed by atoms with Crippen LogP contribution in [0.2, 0.25) is 0 Å². The summed E-state index contributed by atoms with van der Waals surface area (Å²) in [6.45, 7) is 0.272. The van der Waals surface area contributed by atoms with E-state index in [2.05, 4.69) is 25.6 Å². The molecule has 26 heavy (non-hydrogen) atoms. The van der Waals surface area contributed by atoms with Gasteiger partial charge in [-0.2, -0.15) is 0 Å². The fourth-order valence-electron chi connectivity index (χ4n) is 2.18. The lowest BCUT2D eigenvalue weighted by Crippen LogP contribution is -2.23. The highest BCUT2D eigenvalue weighted by Crippen LogP contribution is 2.16. The number of hydrogen-bond acceptors (Lipinski definition) is 7. The minimum atomic E-state index is -0.427. The van der Waals surface area contributed by atoms with E-state index >= 15 is 0 Å². The van der Waals surface area contributed by atoms with Gasteiger partial charge in [0, 0.05) is 5.69 Å². The number of ether oxygens (including phenoxy) is 1. The van der Waals surface area contributed by atoms with E-state index in [1.807, 2.05) is 0 Å². The van der Waals surface area contributed by atoms with E-state index in [1.54, 1.807) is 48.5 Å². The number of anilines is 2. The summed E-state index contributed by atoms with van der Waals surface area (Å²) in [6.07, 6.45) is 1.54. The summed E-state index contributed by atoms with van der Waals surface area (Å²) in [5.74, 6) is 0.307. The average molecular weight is 352 g/mol. The summed E-state index contributed by atoms with van der Waals surface area (Å²) in [5, 5.41) is 13.6. The van der Waals surface area contributed by atoms with Crippen LogP contribution in [0.15, 0.2) is 59.2 Å². The second-order valence-electron chi connectivity index (χ2n) is 5.26. The van der Waals surface area contributed by atoms with Gasteiger partial charge in [0.05, 0.1) is 25.5 Å². The van der Waals surface area contributed by atoms with Gasteiger partial charge in [0.1, 0.15) is 5.76 Å². The molecular formula is C18H16N4O4. The second-order valence-corrected chi connectivity index (χ2v) is 5.26. The fourth-order valence-corrected chi connectivity index (χ4v) is 2.18. The van der Waals surface area contributed by atoms with Crippen LogP contribution in [0.25, 0.3) is 0 Å². The van der Waals surface area contributed by atoms with E-state index in [4.69, 9.17) is 4.42 Å². The largest absolute Gasteiger partial charge is 0.467 e. The molecule has 2 aromatic heterocycles. The highest BCUT2D eigenvalue weighted by molar-refractivity contribution is 5.92. The average Bonchev–Trinajstić information content (AvgIpc) is 3.20. The number of methoxy groups -OCH3 is 1. The Morgan fingerprint density at radius 2 is 2.00 bits per heavy atom. The van der Waals surface area contributed by atoms with Gasteiger partial charge in [-0.05, 0) is 42.5 Å². The summed E-state index contributed by atoms with van der Waals surface area (Å²) >= 11 is 0. The van der Waals surface area contributed by atoms with Crippen LogP contribution in [0.5, 0.6) is 0 Å². The number of carbonyl (C=O) groups excluding carboxylic acids is 2. The topological polar surface area (TPSA) is 106 Å². The van der Waals surface area contributed by atoms with E-state index in [0.717, 1.165) is 0 Å². The molecule has 0 spiro atoms. The van der Waals surface area contributed by atoms with Crippen LogP contribution in [0, 0.1) is 0 Å². The van der Waals surface area contributed by atoms with Crippen LogP contribution < -0.4 is 10.6 Å². The molecule has 0 aliphatic heterocycles. The molecule has 132 valence electrons. The molecule has 0 saturated carbocycles. The number of rotatable bonds is 6. The molecule has 0 atom stereocenters. The SMILES string of the molecule is COC(=O)c1cccc(Nc2ccc(C(=O)NCc3ccco3)nn2)c1. The summed E-state index contributed by atoms with van der Waals surface area (Å²) in [4.78, 5) is 23.6. The first kappa shape index (κ1) is 17.2. The molecule has 0 fully saturated rings. The first-order valence-corrected chi connectivity index (χ1v) is 7.75. The Hall–Kier alpha value is -3.68. The van der Waals surface area contributed by atoms with E-state index < -0.39 is 5.97 Å². The molecule has 0 saturated heterocycles. The molecule has 3 aromatic rings. The molecule has 0 aliphatic rings. The third kappa shape index (κ3) is 4.23. The standard InChI is InChI=1S/C18H16N4O4/c1-25-18(24)12-4-2-5-13(10-12)20-16-8-7-15(21-22-16)17(23)19-11-14-6-3-9-26-14/h2-10H,11H2,1H3,(H,19,23)(H,20,22). The number of nitrogens with zero attached hydrogens (tertiary/aromatic N) is 2. The molecule has 0 aliphatic carbocycles. The molecule has 2 N–H and O–H groups in total. The maximum atomic E-state index is 12.0. The van der Waals surface area contributed by atoms with Crippen molar-refractivity contribution >= 4 is 23.4 Å². The first-order chi connectivity index (χ1) is 12.7. The van der Waals surface area contributed by atoms with Gasteiger partial charge in [0.2, 0.25) is 0 Å². The summed E-state index contributed by atoms with van der Waals surface area (Å²) in [7, 11) is 1.32. The Bertz CT molecular complexity index is 892. The van der Waals surface area contributed by atoms with Crippen molar-refractivity contribution in [2.75, 3.05) is 12.4 Å². The van der Waals surface area contributed by atoms with Gasteiger partial charge in [0.15, 0.2) is 11.5 Å². The minimum absolute atomic E-state index is 0.186. The van der Waals surface area contributed by atoms with Gasteiger partial charge < -0.3 is 19.8 Å². The lowest BCUT2D eigenvalue weighted by Gasteiger charge is -2.07.